The van der Waals surface area contributed by atoms with Crippen molar-refractivity contribution in [3.63, 3.8) is 0 Å². The van der Waals surface area contributed by atoms with Gasteiger partial charge in [0, 0.05) is 5.56 Å². The molecule has 0 bridgehead atoms. The average Bonchev–Trinajstić information content (AvgIpc) is 2.66. The Labute approximate surface area is 93.5 Å². The van der Waals surface area contributed by atoms with Crippen molar-refractivity contribution in [2.24, 2.45) is 0 Å². The molecule has 0 aromatic carbocycles. The number of nitrogens with one attached hydrogen (secondary N) is 1. The Balaban J connectivity index is 2.85. The molecule has 0 unspecified atom stereocenters. The van der Waals surface area contributed by atoms with E-state index in [1.807, 2.05) is 0 Å². The molecule has 0 aliphatic carbocycles. The molecule has 16 heavy (non-hydrogen) atoms. The molecule has 0 spiro atoms. The highest BCUT2D eigenvalue weighted by molar-refractivity contribution is 7.98. The summed E-state index contributed by atoms with van der Waals surface area (Å²) in [4.78, 5) is 30.4. The van der Waals surface area contributed by atoms with Crippen molar-refractivity contribution in [3.8, 4) is 0 Å². The van der Waals surface area contributed by atoms with Gasteiger partial charge in [0.2, 0.25) is 0 Å². The minimum atomic E-state index is -1.23. The lowest BCUT2D eigenvalue weighted by Gasteiger charge is -1.98. The highest BCUT2D eigenvalue weighted by Crippen LogP contribution is 2.09. The van der Waals surface area contributed by atoms with Gasteiger partial charge in [-0.25, -0.2) is 9.78 Å². The maximum Gasteiger partial charge on any atom is 0.355 e. The van der Waals surface area contributed by atoms with Crippen LogP contribution in [-0.4, -0.2) is 36.9 Å². The van der Waals surface area contributed by atoms with E-state index in [-0.39, 0.29) is 17.0 Å². The summed E-state index contributed by atoms with van der Waals surface area (Å²) in [6.07, 6.45) is 1.79. The van der Waals surface area contributed by atoms with E-state index in [9.17, 15) is 9.59 Å². The summed E-state index contributed by atoms with van der Waals surface area (Å²) in [5, 5.41) is 12.1. The topological polar surface area (TPSA) is 100 Å². The van der Waals surface area contributed by atoms with Gasteiger partial charge in [-0.3, -0.25) is 9.89 Å². The Morgan fingerprint density at radius 2 is 2.19 bits per heavy atom. The molecule has 0 saturated carbocycles. The molecule has 7 nitrogen and oxygen atoms in total. The monoisotopic (exact) mass is 240 g/mol. The molecule has 2 aromatic heterocycles. The second kappa shape index (κ2) is 3.63. The summed E-state index contributed by atoms with van der Waals surface area (Å²) < 4.78 is 1.13. The lowest BCUT2D eigenvalue weighted by Crippen LogP contribution is -2.22. The maximum atomic E-state index is 11.8. The van der Waals surface area contributed by atoms with Crippen LogP contribution in [0.25, 0.3) is 5.78 Å². The Hall–Kier alpha value is -1.83. The molecule has 0 fully saturated rings. The summed E-state index contributed by atoms with van der Waals surface area (Å²) in [6.45, 7) is 1.42. The van der Waals surface area contributed by atoms with Gasteiger partial charge in [-0.1, -0.05) is 11.8 Å². The van der Waals surface area contributed by atoms with E-state index >= 15 is 0 Å². The lowest BCUT2D eigenvalue weighted by atomic mass is 10.2. The molecule has 84 valence electrons. The summed E-state index contributed by atoms with van der Waals surface area (Å²) in [5.74, 6) is -1.16. The number of aromatic nitrogens is 4. The van der Waals surface area contributed by atoms with Crippen LogP contribution in [0.15, 0.2) is 9.95 Å². The molecule has 2 rings (SSSR count). The van der Waals surface area contributed by atoms with Gasteiger partial charge >= 0.3 is 5.97 Å². The summed E-state index contributed by atoms with van der Waals surface area (Å²) in [6, 6.07) is 0. The summed E-state index contributed by atoms with van der Waals surface area (Å²) >= 11 is 1.31. The first-order valence-corrected chi connectivity index (χ1v) is 5.53. The van der Waals surface area contributed by atoms with Crippen LogP contribution < -0.4 is 5.56 Å². The average molecular weight is 240 g/mol. The van der Waals surface area contributed by atoms with Crippen LogP contribution in [0.4, 0.5) is 0 Å². The quantitative estimate of drug-likeness (QED) is 0.724. The number of fused-ring (bicyclic) bond motifs is 1. The number of nitrogens with zero attached hydrogens (tertiary/aromatic N) is 3. The molecule has 8 heteroatoms. The number of hydrogen-bond acceptors (Lipinski definition) is 5. The minimum absolute atomic E-state index is 0.0670. The molecule has 2 heterocycles. The minimum Gasteiger partial charge on any atom is -0.476 e. The third kappa shape index (κ3) is 1.47. The van der Waals surface area contributed by atoms with E-state index in [0.717, 1.165) is 4.52 Å². The van der Waals surface area contributed by atoms with Crippen molar-refractivity contribution in [1.82, 2.24) is 19.6 Å². The zero-order valence-corrected chi connectivity index (χ0v) is 9.33. The van der Waals surface area contributed by atoms with Gasteiger partial charge in [-0.2, -0.15) is 9.50 Å². The Kier molecular flexibility index (Phi) is 2.43. The number of aromatic amines is 1. The second-order valence-electron chi connectivity index (χ2n) is 3.06. The van der Waals surface area contributed by atoms with Crippen LogP contribution in [0.2, 0.25) is 0 Å². The van der Waals surface area contributed by atoms with Gasteiger partial charge < -0.3 is 5.11 Å². The highest BCUT2D eigenvalue weighted by atomic mass is 32.2. The number of carbonyl (C=O) groups is 1. The summed E-state index contributed by atoms with van der Waals surface area (Å²) in [5.41, 5.74) is -0.624. The predicted molar refractivity (Wildman–Crippen MR) is 57.1 cm³/mol. The molecule has 0 amide bonds. The third-order valence-electron chi connectivity index (χ3n) is 2.10. The SMILES string of the molecule is CSc1nc2nc(C(=O)O)c(C)c(=O)n2[nH]1. The first-order chi connectivity index (χ1) is 7.54. The van der Waals surface area contributed by atoms with E-state index in [1.54, 1.807) is 6.26 Å². The molecular formula is C8H8N4O3S. The number of rotatable bonds is 2. The van der Waals surface area contributed by atoms with E-state index < -0.39 is 11.5 Å². The zero-order chi connectivity index (χ0) is 11.9. The predicted octanol–water partition coefficient (Wildman–Crippen LogP) is 0.146. The van der Waals surface area contributed by atoms with Crippen molar-refractivity contribution in [2.75, 3.05) is 6.26 Å². The van der Waals surface area contributed by atoms with Gasteiger partial charge in [0.15, 0.2) is 10.9 Å². The fourth-order valence-electron chi connectivity index (χ4n) is 1.28. The first kappa shape index (κ1) is 10.7. The van der Waals surface area contributed by atoms with Gasteiger partial charge in [-0.15, -0.1) is 0 Å². The van der Waals surface area contributed by atoms with Crippen LogP contribution in [0, 0.1) is 6.92 Å². The zero-order valence-electron chi connectivity index (χ0n) is 8.51. The first-order valence-electron chi connectivity index (χ1n) is 4.31. The van der Waals surface area contributed by atoms with E-state index in [1.165, 1.54) is 18.7 Å². The fourth-order valence-corrected chi connectivity index (χ4v) is 1.64. The van der Waals surface area contributed by atoms with Crippen LogP contribution in [0.5, 0.6) is 0 Å². The lowest BCUT2D eigenvalue weighted by molar-refractivity contribution is 0.0689. The van der Waals surface area contributed by atoms with Crippen LogP contribution >= 0.6 is 11.8 Å². The number of aromatic carboxylic acids is 1. The normalized spacial score (nSPS) is 10.9. The van der Waals surface area contributed by atoms with Crippen molar-refractivity contribution in [2.45, 2.75) is 12.1 Å². The largest absolute Gasteiger partial charge is 0.476 e. The highest BCUT2D eigenvalue weighted by Gasteiger charge is 2.16. The fraction of sp³-hybridized carbons (Fsp3) is 0.250. The number of carboxylic acid groups (broad SMARTS) is 1. The molecule has 0 aliphatic heterocycles. The van der Waals surface area contributed by atoms with Crippen molar-refractivity contribution in [3.05, 3.63) is 21.6 Å². The van der Waals surface area contributed by atoms with Gasteiger partial charge in [-0.05, 0) is 13.2 Å². The Morgan fingerprint density at radius 3 is 2.75 bits per heavy atom. The van der Waals surface area contributed by atoms with Gasteiger partial charge in [0.1, 0.15) is 0 Å². The van der Waals surface area contributed by atoms with Gasteiger partial charge in [0.05, 0.1) is 0 Å². The van der Waals surface area contributed by atoms with Crippen LogP contribution in [-0.2, 0) is 0 Å². The van der Waals surface area contributed by atoms with Gasteiger partial charge in [0.25, 0.3) is 11.3 Å². The van der Waals surface area contributed by atoms with E-state index in [2.05, 4.69) is 15.1 Å². The van der Waals surface area contributed by atoms with Crippen molar-refractivity contribution < 1.29 is 9.90 Å². The van der Waals surface area contributed by atoms with Crippen molar-refractivity contribution in [1.29, 1.82) is 0 Å². The molecule has 0 saturated heterocycles. The van der Waals surface area contributed by atoms with Crippen molar-refractivity contribution >= 4 is 23.5 Å². The second-order valence-corrected chi connectivity index (χ2v) is 3.86. The molecule has 0 atom stereocenters. The molecule has 0 aliphatic rings. The molecule has 2 N–H and O–H groups in total. The van der Waals surface area contributed by atoms with E-state index in [4.69, 9.17) is 5.11 Å². The third-order valence-corrected chi connectivity index (χ3v) is 2.67. The maximum absolute atomic E-state index is 11.8. The number of H-pyrrole nitrogens is 1. The Bertz CT molecular complexity index is 630. The molecular weight excluding hydrogens is 232 g/mol. The van der Waals surface area contributed by atoms with Crippen LogP contribution in [0.1, 0.15) is 16.1 Å². The summed E-state index contributed by atoms with van der Waals surface area (Å²) in [7, 11) is 0. The smallest absolute Gasteiger partial charge is 0.355 e. The Morgan fingerprint density at radius 1 is 1.50 bits per heavy atom. The van der Waals surface area contributed by atoms with Crippen LogP contribution in [0.3, 0.4) is 0 Å². The standard InChI is InChI=1S/C8H8N4O3S/c1-3-4(6(14)15)9-7-10-8(16-2)11-12(7)5(3)13/h1-2H3,(H,14,15)(H,9,10,11). The number of carboxylic acids is 1. The molecule has 2 aromatic rings. The molecule has 0 radical (unpaired) electrons. The van der Waals surface area contributed by atoms with E-state index in [0.29, 0.717) is 5.16 Å². The number of hydrogen-bond donors (Lipinski definition) is 2. The number of thioether (sulfide) groups is 1.